The van der Waals surface area contributed by atoms with Crippen molar-refractivity contribution in [2.24, 2.45) is 0 Å². The van der Waals surface area contributed by atoms with Crippen molar-refractivity contribution in [1.29, 1.82) is 0 Å². The van der Waals surface area contributed by atoms with Crippen LogP contribution in [0.5, 0.6) is 5.75 Å². The van der Waals surface area contributed by atoms with Crippen molar-refractivity contribution in [2.75, 3.05) is 0 Å². The number of hydrogen-bond donors (Lipinski definition) is 2. The summed E-state index contributed by atoms with van der Waals surface area (Å²) in [7, 11) is 0. The molecule has 0 radical (unpaired) electrons. The quantitative estimate of drug-likeness (QED) is 0.828. The summed E-state index contributed by atoms with van der Waals surface area (Å²) in [5, 5.41) is 18.3. The zero-order valence-corrected chi connectivity index (χ0v) is 11.7. The molecular formula is C18H16O3. The van der Waals surface area contributed by atoms with Crippen LogP contribution in [-0.4, -0.2) is 16.2 Å². The fourth-order valence-corrected chi connectivity index (χ4v) is 1.89. The summed E-state index contributed by atoms with van der Waals surface area (Å²) in [5.41, 5.74) is 3.72. The van der Waals surface area contributed by atoms with Crippen LogP contribution in [0, 0.1) is 6.92 Å². The second kappa shape index (κ2) is 6.09. The first-order chi connectivity index (χ1) is 9.97. The number of allylic oxidation sites excluding steroid dienone is 2. The number of phenolic OH excluding ortho intramolecular Hbond substituents is 1. The van der Waals surface area contributed by atoms with Gasteiger partial charge in [0, 0.05) is 0 Å². The van der Waals surface area contributed by atoms with E-state index < -0.39 is 5.97 Å². The number of carbonyl (C=O) groups is 1. The lowest BCUT2D eigenvalue weighted by Gasteiger charge is -2.04. The predicted molar refractivity (Wildman–Crippen MR) is 84.3 cm³/mol. The molecule has 21 heavy (non-hydrogen) atoms. The predicted octanol–water partition coefficient (Wildman–Crippen LogP) is 4.13. The third-order valence-corrected chi connectivity index (χ3v) is 3.20. The largest absolute Gasteiger partial charge is 0.508 e. The summed E-state index contributed by atoms with van der Waals surface area (Å²) < 4.78 is 0. The van der Waals surface area contributed by atoms with Crippen LogP contribution in [-0.2, 0) is 0 Å². The van der Waals surface area contributed by atoms with E-state index in [0.717, 1.165) is 22.3 Å². The molecule has 0 aliphatic carbocycles. The molecule has 106 valence electrons. The van der Waals surface area contributed by atoms with E-state index >= 15 is 0 Å². The normalized spacial score (nSPS) is 10.7. The van der Waals surface area contributed by atoms with Gasteiger partial charge in [0.2, 0.25) is 0 Å². The molecule has 0 spiro atoms. The molecule has 0 heterocycles. The average molecular weight is 280 g/mol. The van der Waals surface area contributed by atoms with Crippen molar-refractivity contribution in [2.45, 2.75) is 6.92 Å². The Morgan fingerprint density at radius 1 is 1.10 bits per heavy atom. The Morgan fingerprint density at radius 3 is 2.29 bits per heavy atom. The second-order valence-electron chi connectivity index (χ2n) is 4.79. The van der Waals surface area contributed by atoms with Crippen molar-refractivity contribution in [3.05, 3.63) is 77.4 Å². The van der Waals surface area contributed by atoms with Crippen molar-refractivity contribution in [3.8, 4) is 5.75 Å². The molecular weight excluding hydrogens is 264 g/mol. The Bertz CT molecular complexity index is 710. The van der Waals surface area contributed by atoms with E-state index in [9.17, 15) is 9.90 Å². The zero-order chi connectivity index (χ0) is 15.4. The lowest BCUT2D eigenvalue weighted by molar-refractivity contribution is 0.0697. The van der Waals surface area contributed by atoms with Crippen LogP contribution in [0.25, 0.3) is 11.6 Å². The number of rotatable bonds is 4. The van der Waals surface area contributed by atoms with Crippen LogP contribution < -0.4 is 0 Å². The first-order valence-electron chi connectivity index (χ1n) is 6.47. The third kappa shape index (κ3) is 3.60. The van der Waals surface area contributed by atoms with Crippen molar-refractivity contribution in [3.63, 3.8) is 0 Å². The van der Waals surface area contributed by atoms with Gasteiger partial charge in [-0.2, -0.15) is 0 Å². The zero-order valence-electron chi connectivity index (χ0n) is 11.7. The molecule has 0 fully saturated rings. The fraction of sp³-hybridized carbons (Fsp3) is 0.0556. The Labute approximate surface area is 123 Å². The highest BCUT2D eigenvalue weighted by atomic mass is 16.4. The van der Waals surface area contributed by atoms with E-state index in [1.165, 1.54) is 0 Å². The van der Waals surface area contributed by atoms with Crippen LogP contribution in [0.1, 0.15) is 27.0 Å². The molecule has 2 aromatic rings. The number of carboxylic acid groups (broad SMARTS) is 1. The van der Waals surface area contributed by atoms with Gasteiger partial charge < -0.3 is 10.2 Å². The highest BCUT2D eigenvalue weighted by Gasteiger charge is 2.01. The highest BCUT2D eigenvalue weighted by molar-refractivity contribution is 5.88. The first-order valence-corrected chi connectivity index (χ1v) is 6.47. The van der Waals surface area contributed by atoms with Crippen LogP contribution in [0.3, 0.4) is 0 Å². The van der Waals surface area contributed by atoms with Gasteiger partial charge in [0.15, 0.2) is 0 Å². The molecule has 0 amide bonds. The van der Waals surface area contributed by atoms with E-state index in [1.807, 2.05) is 31.2 Å². The van der Waals surface area contributed by atoms with Gasteiger partial charge in [0.1, 0.15) is 5.75 Å². The number of benzene rings is 2. The minimum atomic E-state index is -0.936. The van der Waals surface area contributed by atoms with E-state index in [4.69, 9.17) is 5.11 Å². The molecule has 0 unspecified atom stereocenters. The molecule has 0 aliphatic heterocycles. The van der Waals surface area contributed by atoms with Crippen LogP contribution in [0.2, 0.25) is 0 Å². The van der Waals surface area contributed by atoms with E-state index in [0.29, 0.717) is 0 Å². The van der Waals surface area contributed by atoms with E-state index in [-0.39, 0.29) is 11.3 Å². The molecule has 0 saturated carbocycles. The fourth-order valence-electron chi connectivity index (χ4n) is 1.89. The Kier molecular flexibility index (Phi) is 4.24. The Balaban J connectivity index is 2.14. The number of aryl methyl sites for hydroxylation is 1. The van der Waals surface area contributed by atoms with E-state index in [1.54, 1.807) is 30.3 Å². The molecule has 3 nitrogen and oxygen atoms in total. The van der Waals surface area contributed by atoms with Crippen LogP contribution in [0.15, 0.2) is 55.1 Å². The Hall–Kier alpha value is -2.81. The molecule has 0 aromatic heterocycles. The van der Waals surface area contributed by atoms with Crippen LogP contribution in [0.4, 0.5) is 0 Å². The molecule has 0 aliphatic rings. The van der Waals surface area contributed by atoms with Gasteiger partial charge in [0.05, 0.1) is 5.56 Å². The van der Waals surface area contributed by atoms with E-state index in [2.05, 4.69) is 6.58 Å². The first kappa shape index (κ1) is 14.6. The molecule has 2 N–H and O–H groups in total. The smallest absolute Gasteiger partial charge is 0.335 e. The summed E-state index contributed by atoms with van der Waals surface area (Å²) in [5.74, 6) is -0.672. The molecule has 3 heteroatoms. The number of carboxylic acids is 1. The summed E-state index contributed by atoms with van der Waals surface area (Å²) in [6.07, 6.45) is 3.73. The van der Waals surface area contributed by atoms with Gasteiger partial charge in [-0.15, -0.1) is 0 Å². The summed E-state index contributed by atoms with van der Waals surface area (Å²) in [4.78, 5) is 10.8. The van der Waals surface area contributed by atoms with Crippen molar-refractivity contribution < 1.29 is 15.0 Å². The van der Waals surface area contributed by atoms with Gasteiger partial charge in [-0.3, -0.25) is 0 Å². The summed E-state index contributed by atoms with van der Waals surface area (Å²) >= 11 is 0. The maximum absolute atomic E-state index is 10.8. The molecule has 0 atom stereocenters. The van der Waals surface area contributed by atoms with Gasteiger partial charge in [-0.1, -0.05) is 36.9 Å². The molecule has 2 aromatic carbocycles. The summed E-state index contributed by atoms with van der Waals surface area (Å²) in [6, 6.07) is 11.9. The highest BCUT2D eigenvalue weighted by Crippen LogP contribution is 2.22. The maximum atomic E-state index is 10.8. The molecule has 2 rings (SSSR count). The van der Waals surface area contributed by atoms with Gasteiger partial charge in [-0.25, -0.2) is 4.79 Å². The van der Waals surface area contributed by atoms with Crippen molar-refractivity contribution in [1.82, 2.24) is 0 Å². The minimum absolute atomic E-state index is 0.264. The maximum Gasteiger partial charge on any atom is 0.335 e. The number of hydrogen-bond acceptors (Lipinski definition) is 2. The topological polar surface area (TPSA) is 57.5 Å². The molecule has 0 bridgehead atoms. The lowest BCUT2D eigenvalue weighted by Crippen LogP contribution is -1.94. The SMILES string of the molecule is C=C(/C=C/c1ccc(C(=O)O)cc1)c1ccc(O)c(C)c1. The molecule has 0 saturated heterocycles. The Morgan fingerprint density at radius 2 is 1.71 bits per heavy atom. The second-order valence-corrected chi connectivity index (χ2v) is 4.79. The number of aromatic hydroxyl groups is 1. The number of phenols is 1. The summed E-state index contributed by atoms with van der Waals surface area (Å²) in [6.45, 7) is 5.83. The van der Waals surface area contributed by atoms with Gasteiger partial charge in [0.25, 0.3) is 0 Å². The monoisotopic (exact) mass is 280 g/mol. The lowest BCUT2D eigenvalue weighted by atomic mass is 10.0. The minimum Gasteiger partial charge on any atom is -0.508 e. The average Bonchev–Trinajstić information content (AvgIpc) is 2.48. The third-order valence-electron chi connectivity index (χ3n) is 3.20. The van der Waals surface area contributed by atoms with Gasteiger partial charge >= 0.3 is 5.97 Å². The standard InChI is InChI=1S/C18H16O3/c1-12(16-9-10-17(19)13(2)11-16)3-4-14-5-7-15(8-6-14)18(20)21/h3-11,19H,1H2,2H3,(H,20,21)/b4-3+. The number of aromatic carboxylic acids is 1. The van der Waals surface area contributed by atoms with Gasteiger partial charge in [-0.05, 0) is 53.5 Å². The van der Waals surface area contributed by atoms with Crippen molar-refractivity contribution >= 4 is 17.6 Å². The van der Waals surface area contributed by atoms with Crippen LogP contribution >= 0.6 is 0 Å².